The number of halogens is 1. The van der Waals surface area contributed by atoms with Crippen LogP contribution in [0, 0.1) is 0 Å². The molecule has 1 aliphatic rings. The van der Waals surface area contributed by atoms with Crippen molar-refractivity contribution in [3.05, 3.63) is 34.9 Å². The topological polar surface area (TPSA) is 32.3 Å². The van der Waals surface area contributed by atoms with Crippen molar-refractivity contribution in [3.63, 3.8) is 0 Å². The first-order chi connectivity index (χ1) is 8.16. The van der Waals surface area contributed by atoms with Crippen molar-refractivity contribution < 1.29 is 4.79 Å². The molecule has 1 N–H and O–H groups in total. The summed E-state index contributed by atoms with van der Waals surface area (Å²) in [5.41, 5.74) is 0.651. The number of likely N-dealkylation sites (N-methyl/N-ethyl adjacent to an activating group) is 1. The van der Waals surface area contributed by atoms with Gasteiger partial charge in [0.1, 0.15) is 0 Å². The molecule has 1 unspecified atom stereocenters. The van der Waals surface area contributed by atoms with Crippen LogP contribution in [0.1, 0.15) is 23.2 Å². The van der Waals surface area contributed by atoms with Crippen LogP contribution in [0.15, 0.2) is 24.3 Å². The van der Waals surface area contributed by atoms with Crippen molar-refractivity contribution in [1.29, 1.82) is 0 Å². The van der Waals surface area contributed by atoms with Gasteiger partial charge in [-0.2, -0.15) is 0 Å². The van der Waals surface area contributed by atoms with Gasteiger partial charge in [0, 0.05) is 30.2 Å². The predicted molar refractivity (Wildman–Crippen MR) is 69.4 cm³/mol. The molecule has 1 amide bonds. The number of carbonyl (C=O) groups is 1. The minimum absolute atomic E-state index is 0.0289. The Hall–Kier alpha value is -1.06. The molecule has 0 saturated carbocycles. The van der Waals surface area contributed by atoms with E-state index in [2.05, 4.69) is 5.32 Å². The van der Waals surface area contributed by atoms with Gasteiger partial charge in [-0.15, -0.1) is 0 Å². The number of benzene rings is 1. The van der Waals surface area contributed by atoms with Crippen LogP contribution >= 0.6 is 11.6 Å². The van der Waals surface area contributed by atoms with Crippen molar-refractivity contribution in [2.24, 2.45) is 0 Å². The van der Waals surface area contributed by atoms with Crippen molar-refractivity contribution in [2.75, 3.05) is 20.1 Å². The molecule has 0 aliphatic carbocycles. The average Bonchev–Trinajstić information content (AvgIpc) is 2.80. The van der Waals surface area contributed by atoms with Gasteiger partial charge in [-0.25, -0.2) is 0 Å². The molecule has 1 fully saturated rings. The van der Waals surface area contributed by atoms with E-state index in [-0.39, 0.29) is 5.91 Å². The molecular formula is C13H17ClN2O. The minimum atomic E-state index is 0.0289. The first-order valence-corrected chi connectivity index (χ1v) is 6.29. The molecule has 1 aliphatic heterocycles. The summed E-state index contributed by atoms with van der Waals surface area (Å²) in [6.07, 6.45) is 2.34. The van der Waals surface area contributed by atoms with E-state index in [1.807, 2.05) is 7.05 Å². The van der Waals surface area contributed by atoms with Gasteiger partial charge in [0.15, 0.2) is 0 Å². The van der Waals surface area contributed by atoms with Crippen molar-refractivity contribution >= 4 is 17.5 Å². The maximum Gasteiger partial charge on any atom is 0.253 e. The van der Waals surface area contributed by atoms with Crippen LogP contribution in [0.5, 0.6) is 0 Å². The fourth-order valence-electron chi connectivity index (χ4n) is 2.17. The Morgan fingerprint density at radius 3 is 3.06 bits per heavy atom. The number of rotatable bonds is 3. The SMILES string of the molecule is CN(CC1CCCN1)C(=O)c1cccc(Cl)c1. The van der Waals surface area contributed by atoms with Gasteiger partial charge in [0.05, 0.1) is 0 Å². The van der Waals surface area contributed by atoms with E-state index in [0.717, 1.165) is 19.5 Å². The lowest BCUT2D eigenvalue weighted by Gasteiger charge is -2.21. The third-order valence-corrected chi connectivity index (χ3v) is 3.31. The molecule has 1 saturated heterocycles. The molecule has 0 bridgehead atoms. The van der Waals surface area contributed by atoms with Gasteiger partial charge in [-0.3, -0.25) is 4.79 Å². The number of hydrogen-bond donors (Lipinski definition) is 1. The fraction of sp³-hybridized carbons (Fsp3) is 0.462. The second-order valence-electron chi connectivity index (χ2n) is 4.49. The molecule has 17 heavy (non-hydrogen) atoms. The van der Waals surface area contributed by atoms with E-state index in [4.69, 9.17) is 11.6 Å². The molecule has 92 valence electrons. The van der Waals surface area contributed by atoms with Crippen molar-refractivity contribution in [1.82, 2.24) is 10.2 Å². The fourth-order valence-corrected chi connectivity index (χ4v) is 2.36. The van der Waals surface area contributed by atoms with E-state index in [1.54, 1.807) is 29.2 Å². The highest BCUT2D eigenvalue weighted by molar-refractivity contribution is 6.30. The highest BCUT2D eigenvalue weighted by Gasteiger charge is 2.19. The van der Waals surface area contributed by atoms with Crippen LogP contribution in [-0.4, -0.2) is 37.0 Å². The highest BCUT2D eigenvalue weighted by atomic mass is 35.5. The highest BCUT2D eigenvalue weighted by Crippen LogP contribution is 2.13. The van der Waals surface area contributed by atoms with Gasteiger partial charge in [-0.05, 0) is 37.6 Å². The lowest BCUT2D eigenvalue weighted by atomic mass is 10.1. The Labute approximate surface area is 107 Å². The standard InChI is InChI=1S/C13H17ClN2O/c1-16(9-12-6-3-7-15-12)13(17)10-4-2-5-11(14)8-10/h2,4-5,8,12,15H,3,6-7,9H2,1H3. The van der Waals surface area contributed by atoms with Crippen molar-refractivity contribution in [2.45, 2.75) is 18.9 Å². The van der Waals surface area contributed by atoms with E-state index >= 15 is 0 Å². The van der Waals surface area contributed by atoms with Gasteiger partial charge in [0.2, 0.25) is 0 Å². The number of carbonyl (C=O) groups excluding carboxylic acids is 1. The van der Waals surface area contributed by atoms with Crippen molar-refractivity contribution in [3.8, 4) is 0 Å². The summed E-state index contributed by atoms with van der Waals surface area (Å²) in [6.45, 7) is 1.81. The maximum absolute atomic E-state index is 12.1. The quantitative estimate of drug-likeness (QED) is 0.894. The first kappa shape index (κ1) is 12.4. The maximum atomic E-state index is 12.1. The van der Waals surface area contributed by atoms with Crippen LogP contribution < -0.4 is 5.32 Å². The Balaban J connectivity index is 1.98. The Bertz CT molecular complexity index is 402. The van der Waals surface area contributed by atoms with E-state index < -0.39 is 0 Å². The second kappa shape index (κ2) is 5.52. The second-order valence-corrected chi connectivity index (χ2v) is 4.93. The molecule has 1 aromatic rings. The van der Waals surface area contributed by atoms with Crippen LogP contribution in [0.3, 0.4) is 0 Å². The summed E-state index contributed by atoms with van der Waals surface area (Å²) in [4.78, 5) is 13.9. The summed E-state index contributed by atoms with van der Waals surface area (Å²) < 4.78 is 0. The van der Waals surface area contributed by atoms with Crippen LogP contribution in [0.2, 0.25) is 5.02 Å². The molecule has 2 rings (SSSR count). The molecule has 0 aromatic heterocycles. The summed E-state index contributed by atoms with van der Waals surface area (Å²) in [6, 6.07) is 7.52. The summed E-state index contributed by atoms with van der Waals surface area (Å²) in [5, 5.41) is 3.99. The monoisotopic (exact) mass is 252 g/mol. The van der Waals surface area contributed by atoms with Crippen LogP contribution in [0.25, 0.3) is 0 Å². The summed E-state index contributed by atoms with van der Waals surface area (Å²) in [7, 11) is 1.84. The van der Waals surface area contributed by atoms with Gasteiger partial charge < -0.3 is 10.2 Å². The van der Waals surface area contributed by atoms with E-state index in [0.29, 0.717) is 16.6 Å². The zero-order valence-corrected chi connectivity index (χ0v) is 10.7. The summed E-state index contributed by atoms with van der Waals surface area (Å²) >= 11 is 5.88. The number of amides is 1. The molecular weight excluding hydrogens is 236 g/mol. The zero-order chi connectivity index (χ0) is 12.3. The van der Waals surface area contributed by atoms with Gasteiger partial charge >= 0.3 is 0 Å². The molecule has 4 heteroatoms. The average molecular weight is 253 g/mol. The molecule has 1 aromatic carbocycles. The normalized spacial score (nSPS) is 19.3. The van der Waals surface area contributed by atoms with Gasteiger partial charge in [-0.1, -0.05) is 17.7 Å². The molecule has 0 radical (unpaired) electrons. The molecule has 0 spiro atoms. The Kier molecular flexibility index (Phi) is 4.02. The first-order valence-electron chi connectivity index (χ1n) is 5.91. The zero-order valence-electron chi connectivity index (χ0n) is 9.95. The predicted octanol–water partition coefficient (Wildman–Crippen LogP) is 2.16. The third-order valence-electron chi connectivity index (χ3n) is 3.07. The largest absolute Gasteiger partial charge is 0.340 e. The summed E-state index contributed by atoms with van der Waals surface area (Å²) in [5.74, 6) is 0.0289. The van der Waals surface area contributed by atoms with Crippen LogP contribution in [-0.2, 0) is 0 Å². The molecule has 1 atom stereocenters. The van der Waals surface area contributed by atoms with Gasteiger partial charge in [0.25, 0.3) is 5.91 Å². The Morgan fingerprint density at radius 2 is 2.41 bits per heavy atom. The molecule has 1 heterocycles. The number of nitrogens with one attached hydrogen (secondary N) is 1. The third kappa shape index (κ3) is 3.20. The minimum Gasteiger partial charge on any atom is -0.340 e. The lowest BCUT2D eigenvalue weighted by molar-refractivity contribution is 0.0784. The van der Waals surface area contributed by atoms with E-state index in [1.165, 1.54) is 6.42 Å². The van der Waals surface area contributed by atoms with E-state index in [9.17, 15) is 4.79 Å². The number of nitrogens with zero attached hydrogens (tertiary/aromatic N) is 1. The lowest BCUT2D eigenvalue weighted by Crippen LogP contribution is -2.38. The number of hydrogen-bond acceptors (Lipinski definition) is 2. The smallest absolute Gasteiger partial charge is 0.253 e. The van der Waals surface area contributed by atoms with Crippen LogP contribution in [0.4, 0.5) is 0 Å². The Morgan fingerprint density at radius 1 is 1.59 bits per heavy atom. The molecule has 3 nitrogen and oxygen atoms in total.